The van der Waals surface area contributed by atoms with E-state index >= 15 is 0 Å². The molecule has 2 unspecified atom stereocenters. The second-order valence-electron chi connectivity index (χ2n) is 11.8. The van der Waals surface area contributed by atoms with Gasteiger partial charge in [-0.25, -0.2) is 4.79 Å². The monoisotopic (exact) mass is 523 g/mol. The van der Waals surface area contributed by atoms with Crippen molar-refractivity contribution in [2.75, 3.05) is 6.54 Å². The van der Waals surface area contributed by atoms with Gasteiger partial charge in [0.1, 0.15) is 17.7 Å². The van der Waals surface area contributed by atoms with Gasteiger partial charge in [-0.15, -0.1) is 0 Å². The molecule has 0 heterocycles. The smallest absolute Gasteiger partial charge is 0.408 e. The summed E-state index contributed by atoms with van der Waals surface area (Å²) in [5.74, 6) is -0.591. The van der Waals surface area contributed by atoms with Crippen LogP contribution in [0, 0.1) is 6.92 Å². The van der Waals surface area contributed by atoms with Crippen molar-refractivity contribution in [2.45, 2.75) is 97.9 Å². The Labute approximate surface area is 228 Å². The summed E-state index contributed by atoms with van der Waals surface area (Å²) < 4.78 is 5.49. The van der Waals surface area contributed by atoms with Gasteiger partial charge in [0.2, 0.25) is 11.8 Å². The van der Waals surface area contributed by atoms with Crippen molar-refractivity contribution in [3.63, 3.8) is 0 Å². The van der Waals surface area contributed by atoms with E-state index in [4.69, 9.17) is 4.74 Å². The quantitative estimate of drug-likeness (QED) is 0.417. The molecule has 2 aromatic carbocycles. The highest BCUT2D eigenvalue weighted by Crippen LogP contribution is 2.26. The van der Waals surface area contributed by atoms with Crippen LogP contribution >= 0.6 is 0 Å². The maximum Gasteiger partial charge on any atom is 0.408 e. The van der Waals surface area contributed by atoms with Gasteiger partial charge in [0.15, 0.2) is 0 Å². The first-order valence-electron chi connectivity index (χ1n) is 13.4. The van der Waals surface area contributed by atoms with E-state index in [2.05, 4.69) is 10.6 Å². The Balaban J connectivity index is 2.55. The molecule has 2 aromatic rings. The van der Waals surface area contributed by atoms with Crippen LogP contribution in [0.4, 0.5) is 4.79 Å². The van der Waals surface area contributed by atoms with Crippen LogP contribution in [0.15, 0.2) is 54.6 Å². The topological polar surface area (TPSA) is 87.7 Å². The summed E-state index contributed by atoms with van der Waals surface area (Å²) >= 11 is 0. The summed E-state index contributed by atoms with van der Waals surface area (Å²) in [4.78, 5) is 42.5. The molecule has 2 N–H and O–H groups in total. The molecule has 0 aliphatic heterocycles. The zero-order valence-electron chi connectivity index (χ0n) is 24.3. The third kappa shape index (κ3) is 10.2. The highest BCUT2D eigenvalue weighted by atomic mass is 16.6. The molecule has 2 atom stereocenters. The number of carbonyl (C=O) groups is 3. The van der Waals surface area contributed by atoms with Gasteiger partial charge < -0.3 is 20.3 Å². The minimum atomic E-state index is -0.918. The normalized spacial score (nSPS) is 13.3. The summed E-state index contributed by atoms with van der Waals surface area (Å²) in [5.41, 5.74) is 1.40. The Hall–Kier alpha value is -3.35. The molecule has 208 valence electrons. The summed E-state index contributed by atoms with van der Waals surface area (Å²) in [6.07, 6.45) is 1.15. The maximum atomic E-state index is 14.3. The molecule has 38 heavy (non-hydrogen) atoms. The van der Waals surface area contributed by atoms with Gasteiger partial charge in [0, 0.05) is 18.5 Å². The molecule has 0 spiro atoms. The molecule has 0 aromatic heterocycles. The number of aryl methyl sites for hydroxylation is 1. The largest absolute Gasteiger partial charge is 0.444 e. The van der Waals surface area contributed by atoms with E-state index in [0.29, 0.717) is 13.0 Å². The number of nitrogens with one attached hydrogen (secondary N) is 2. The Morgan fingerprint density at radius 2 is 1.61 bits per heavy atom. The lowest BCUT2D eigenvalue weighted by molar-refractivity contribution is -0.143. The molecule has 0 bridgehead atoms. The van der Waals surface area contributed by atoms with Gasteiger partial charge in [-0.2, -0.15) is 0 Å². The number of carbonyl (C=O) groups excluding carboxylic acids is 3. The molecule has 0 radical (unpaired) electrons. The van der Waals surface area contributed by atoms with E-state index in [0.717, 1.165) is 23.1 Å². The molecule has 0 saturated carbocycles. The number of hydrogen-bond donors (Lipinski definition) is 2. The average Bonchev–Trinajstić information content (AvgIpc) is 2.79. The minimum Gasteiger partial charge on any atom is -0.444 e. The summed E-state index contributed by atoms with van der Waals surface area (Å²) in [6, 6.07) is 15.4. The van der Waals surface area contributed by atoms with Crippen molar-refractivity contribution < 1.29 is 19.1 Å². The van der Waals surface area contributed by atoms with Gasteiger partial charge in [-0.1, -0.05) is 73.5 Å². The molecule has 3 amide bonds. The third-order valence-electron chi connectivity index (χ3n) is 5.72. The fourth-order valence-corrected chi connectivity index (χ4v) is 4.15. The molecule has 2 rings (SSSR count). The zero-order valence-corrected chi connectivity index (χ0v) is 24.3. The van der Waals surface area contributed by atoms with Gasteiger partial charge in [0.05, 0.1) is 0 Å². The van der Waals surface area contributed by atoms with Gasteiger partial charge in [0.25, 0.3) is 0 Å². The Morgan fingerprint density at radius 3 is 2.16 bits per heavy atom. The number of ether oxygens (including phenoxy) is 1. The van der Waals surface area contributed by atoms with Crippen molar-refractivity contribution >= 4 is 17.9 Å². The van der Waals surface area contributed by atoms with E-state index in [1.165, 1.54) is 0 Å². The fourth-order valence-electron chi connectivity index (χ4n) is 4.15. The first kappa shape index (κ1) is 30.9. The number of alkyl carbamates (subject to hydrolysis) is 1. The molecular weight excluding hydrogens is 478 g/mol. The maximum absolute atomic E-state index is 14.3. The van der Waals surface area contributed by atoms with Crippen LogP contribution in [0.25, 0.3) is 0 Å². The Bertz CT molecular complexity index is 1070. The van der Waals surface area contributed by atoms with E-state index in [1.54, 1.807) is 25.7 Å². The van der Waals surface area contributed by atoms with Crippen LogP contribution in [0.3, 0.4) is 0 Å². The second kappa shape index (κ2) is 13.4. The van der Waals surface area contributed by atoms with Gasteiger partial charge in [-0.3, -0.25) is 9.59 Å². The van der Waals surface area contributed by atoms with Crippen molar-refractivity contribution in [2.24, 2.45) is 0 Å². The van der Waals surface area contributed by atoms with E-state index < -0.39 is 29.3 Å². The highest BCUT2D eigenvalue weighted by Gasteiger charge is 2.37. The van der Waals surface area contributed by atoms with Crippen molar-refractivity contribution in [3.8, 4) is 0 Å². The second-order valence-corrected chi connectivity index (χ2v) is 11.8. The fraction of sp³-hybridized carbons (Fsp3) is 0.516. The number of nitrogens with zero attached hydrogens (tertiary/aromatic N) is 1. The Morgan fingerprint density at radius 1 is 0.947 bits per heavy atom. The predicted molar refractivity (Wildman–Crippen MR) is 152 cm³/mol. The lowest BCUT2D eigenvalue weighted by Gasteiger charge is -2.36. The lowest BCUT2D eigenvalue weighted by Crippen LogP contribution is -2.55. The van der Waals surface area contributed by atoms with Crippen molar-refractivity contribution in [1.29, 1.82) is 0 Å². The number of amides is 3. The van der Waals surface area contributed by atoms with E-state index in [9.17, 15) is 14.4 Å². The molecule has 0 fully saturated rings. The van der Waals surface area contributed by atoms with Crippen LogP contribution in [0.5, 0.6) is 0 Å². The number of unbranched alkanes of at least 4 members (excludes halogenated alkanes) is 1. The first-order chi connectivity index (χ1) is 17.7. The van der Waals surface area contributed by atoms with Crippen LogP contribution in [-0.4, -0.2) is 46.5 Å². The van der Waals surface area contributed by atoms with Crippen LogP contribution in [0.2, 0.25) is 0 Å². The van der Waals surface area contributed by atoms with E-state index in [-0.39, 0.29) is 18.2 Å². The molecule has 7 heteroatoms. The van der Waals surface area contributed by atoms with Crippen LogP contribution in [-0.2, 0) is 20.7 Å². The summed E-state index contributed by atoms with van der Waals surface area (Å²) in [6.45, 7) is 15.4. The van der Waals surface area contributed by atoms with Crippen molar-refractivity contribution in [3.05, 3.63) is 71.3 Å². The standard InChI is InChI=1S/C31H45N3O4/c1-9-10-19-34(26(27(35)33-30(3,4)5)24-18-14-15-22(2)20-24)28(36)25(21-23-16-12-11-13-17-23)32-29(37)38-31(6,7)8/h11-18,20,25-26H,9-10,19,21H2,1-8H3,(H,32,37)(H,33,35). The summed E-state index contributed by atoms with van der Waals surface area (Å²) in [5, 5.41) is 5.86. The van der Waals surface area contributed by atoms with Crippen LogP contribution in [0.1, 0.15) is 84.0 Å². The molecule has 7 nitrogen and oxygen atoms in total. The molecule has 0 aliphatic carbocycles. The van der Waals surface area contributed by atoms with E-state index in [1.807, 2.05) is 89.2 Å². The molecule has 0 aliphatic rings. The SMILES string of the molecule is CCCCN(C(=O)C(Cc1ccccc1)NC(=O)OC(C)(C)C)C(C(=O)NC(C)(C)C)c1cccc(C)c1. The third-order valence-corrected chi connectivity index (χ3v) is 5.72. The van der Waals surface area contributed by atoms with Crippen molar-refractivity contribution in [1.82, 2.24) is 15.5 Å². The van der Waals surface area contributed by atoms with Crippen LogP contribution < -0.4 is 10.6 Å². The lowest BCUT2D eigenvalue weighted by atomic mass is 9.97. The zero-order chi connectivity index (χ0) is 28.5. The minimum absolute atomic E-state index is 0.261. The van der Waals surface area contributed by atoms with Gasteiger partial charge in [-0.05, 0) is 66.0 Å². The average molecular weight is 524 g/mol. The molecular formula is C31H45N3O4. The number of benzene rings is 2. The number of rotatable bonds is 10. The first-order valence-corrected chi connectivity index (χ1v) is 13.4. The molecule has 0 saturated heterocycles. The predicted octanol–water partition coefficient (Wildman–Crippen LogP) is 5.72. The Kier molecular flexibility index (Phi) is 10.9. The van der Waals surface area contributed by atoms with Gasteiger partial charge >= 0.3 is 6.09 Å². The number of hydrogen-bond acceptors (Lipinski definition) is 4. The summed E-state index contributed by atoms with van der Waals surface area (Å²) in [7, 11) is 0. The highest BCUT2D eigenvalue weighted by molar-refractivity contribution is 5.92.